The molecule has 0 aliphatic carbocycles. The second-order valence-electron chi connectivity index (χ2n) is 5.90. The molecule has 1 aromatic carbocycles. The van der Waals surface area contributed by atoms with Crippen LogP contribution in [0.3, 0.4) is 0 Å². The van der Waals surface area contributed by atoms with Gasteiger partial charge in [0.15, 0.2) is 0 Å². The van der Waals surface area contributed by atoms with E-state index >= 15 is 0 Å². The third-order valence-corrected chi connectivity index (χ3v) is 3.49. The Kier molecular flexibility index (Phi) is 4.09. The minimum Gasteiger partial charge on any atom is -0.370 e. The third-order valence-electron chi connectivity index (χ3n) is 3.49. The monoisotopic (exact) mass is 275 g/mol. The summed E-state index contributed by atoms with van der Waals surface area (Å²) in [6.07, 6.45) is 0.126. The van der Waals surface area contributed by atoms with Crippen molar-refractivity contribution in [2.45, 2.75) is 38.3 Å². The Morgan fingerprint density at radius 3 is 2.80 bits per heavy atom. The summed E-state index contributed by atoms with van der Waals surface area (Å²) in [5, 5.41) is 6.16. The van der Waals surface area contributed by atoms with Gasteiger partial charge in [0.2, 0.25) is 11.8 Å². The molecule has 108 valence electrons. The number of carbonyl (C=O) groups is 2. The van der Waals surface area contributed by atoms with Gasteiger partial charge in [-0.1, -0.05) is 24.3 Å². The number of nitrogens with one attached hydrogen (secondary N) is 2. The molecule has 1 aliphatic heterocycles. The van der Waals surface area contributed by atoms with E-state index in [9.17, 15) is 9.59 Å². The molecule has 5 nitrogen and oxygen atoms in total. The summed E-state index contributed by atoms with van der Waals surface area (Å²) in [4.78, 5) is 23.5. The molecular formula is C15H21N3O2. The predicted octanol–water partition coefficient (Wildman–Crippen LogP) is 0.644. The normalized spacial score (nSPS) is 18.2. The van der Waals surface area contributed by atoms with E-state index in [-0.39, 0.29) is 18.2 Å². The fourth-order valence-electron chi connectivity index (χ4n) is 2.63. The second-order valence-corrected chi connectivity index (χ2v) is 5.90. The predicted molar refractivity (Wildman–Crippen MR) is 76.9 cm³/mol. The van der Waals surface area contributed by atoms with Crippen molar-refractivity contribution >= 4 is 11.8 Å². The Bertz CT molecular complexity index is 526. The quantitative estimate of drug-likeness (QED) is 0.754. The molecule has 1 heterocycles. The SMILES string of the molecule is CC(C)(CC(N)=O)NC(=O)C1CNCc2ccccc21. The van der Waals surface area contributed by atoms with Crippen LogP contribution in [0, 0.1) is 0 Å². The topological polar surface area (TPSA) is 84.2 Å². The lowest BCUT2D eigenvalue weighted by molar-refractivity contribution is -0.125. The highest BCUT2D eigenvalue weighted by Gasteiger charge is 2.30. The summed E-state index contributed by atoms with van der Waals surface area (Å²) < 4.78 is 0. The van der Waals surface area contributed by atoms with E-state index in [1.807, 2.05) is 24.3 Å². The van der Waals surface area contributed by atoms with Crippen LogP contribution in [0.1, 0.15) is 37.3 Å². The first kappa shape index (κ1) is 14.5. The Morgan fingerprint density at radius 2 is 2.10 bits per heavy atom. The van der Waals surface area contributed by atoms with E-state index < -0.39 is 11.4 Å². The van der Waals surface area contributed by atoms with Crippen molar-refractivity contribution in [3.05, 3.63) is 35.4 Å². The van der Waals surface area contributed by atoms with Crippen LogP contribution in [-0.2, 0) is 16.1 Å². The van der Waals surface area contributed by atoms with Crippen molar-refractivity contribution in [1.29, 1.82) is 0 Å². The van der Waals surface area contributed by atoms with Crippen LogP contribution < -0.4 is 16.4 Å². The lowest BCUT2D eigenvalue weighted by Gasteiger charge is -2.30. The van der Waals surface area contributed by atoms with Crippen LogP contribution in [0.2, 0.25) is 0 Å². The van der Waals surface area contributed by atoms with Crippen LogP contribution in [0.5, 0.6) is 0 Å². The number of hydrogen-bond acceptors (Lipinski definition) is 3. The molecule has 1 unspecified atom stereocenters. The van der Waals surface area contributed by atoms with Gasteiger partial charge < -0.3 is 16.4 Å². The van der Waals surface area contributed by atoms with Crippen molar-refractivity contribution in [3.63, 3.8) is 0 Å². The molecule has 1 aliphatic rings. The van der Waals surface area contributed by atoms with Crippen LogP contribution in [0.4, 0.5) is 0 Å². The summed E-state index contributed by atoms with van der Waals surface area (Å²) in [6, 6.07) is 7.93. The lowest BCUT2D eigenvalue weighted by atomic mass is 9.89. The van der Waals surface area contributed by atoms with Gasteiger partial charge in [-0.2, -0.15) is 0 Å². The number of rotatable bonds is 4. The summed E-state index contributed by atoms with van der Waals surface area (Å²) >= 11 is 0. The van der Waals surface area contributed by atoms with Gasteiger partial charge in [0, 0.05) is 25.0 Å². The van der Waals surface area contributed by atoms with Gasteiger partial charge >= 0.3 is 0 Å². The highest BCUT2D eigenvalue weighted by Crippen LogP contribution is 2.24. The summed E-state index contributed by atoms with van der Waals surface area (Å²) in [5.74, 6) is -0.722. The maximum absolute atomic E-state index is 12.5. The highest BCUT2D eigenvalue weighted by atomic mass is 16.2. The summed E-state index contributed by atoms with van der Waals surface area (Å²) in [6.45, 7) is 5.00. The molecular weight excluding hydrogens is 254 g/mol. The van der Waals surface area contributed by atoms with Crippen LogP contribution >= 0.6 is 0 Å². The summed E-state index contributed by atoms with van der Waals surface area (Å²) in [5.41, 5.74) is 6.78. The summed E-state index contributed by atoms with van der Waals surface area (Å²) in [7, 11) is 0. The fourth-order valence-corrected chi connectivity index (χ4v) is 2.63. The molecule has 20 heavy (non-hydrogen) atoms. The molecule has 0 saturated heterocycles. The first-order valence-corrected chi connectivity index (χ1v) is 6.78. The van der Waals surface area contributed by atoms with Crippen molar-refractivity contribution in [3.8, 4) is 0 Å². The standard InChI is InChI=1S/C15H21N3O2/c1-15(2,7-13(16)19)18-14(20)12-9-17-8-10-5-3-4-6-11(10)12/h3-6,12,17H,7-9H2,1-2H3,(H2,16,19)(H,18,20). The van der Waals surface area contributed by atoms with Crippen LogP contribution in [0.15, 0.2) is 24.3 Å². The molecule has 0 aromatic heterocycles. The molecule has 0 saturated carbocycles. The van der Waals surface area contributed by atoms with E-state index in [2.05, 4.69) is 10.6 Å². The molecule has 1 aromatic rings. The minimum atomic E-state index is -0.630. The number of carbonyl (C=O) groups excluding carboxylic acids is 2. The van der Waals surface area contributed by atoms with E-state index in [0.717, 1.165) is 17.7 Å². The molecule has 0 radical (unpaired) electrons. The number of primary amides is 1. The Morgan fingerprint density at radius 1 is 1.40 bits per heavy atom. The third kappa shape index (κ3) is 3.36. The van der Waals surface area contributed by atoms with Crippen molar-refractivity contribution < 1.29 is 9.59 Å². The van der Waals surface area contributed by atoms with Gasteiger partial charge in [-0.25, -0.2) is 0 Å². The number of nitrogens with two attached hydrogens (primary N) is 1. The molecule has 0 spiro atoms. The fraction of sp³-hybridized carbons (Fsp3) is 0.467. The van der Waals surface area contributed by atoms with Crippen LogP contribution in [-0.4, -0.2) is 23.9 Å². The zero-order valence-electron chi connectivity index (χ0n) is 11.9. The number of benzene rings is 1. The zero-order valence-corrected chi connectivity index (χ0v) is 11.9. The first-order chi connectivity index (χ1) is 9.39. The molecule has 0 bridgehead atoms. The van der Waals surface area contributed by atoms with Gasteiger partial charge in [-0.15, -0.1) is 0 Å². The van der Waals surface area contributed by atoms with Gasteiger partial charge in [-0.3, -0.25) is 9.59 Å². The van der Waals surface area contributed by atoms with Gasteiger partial charge in [0.1, 0.15) is 0 Å². The van der Waals surface area contributed by atoms with Crippen molar-refractivity contribution in [2.75, 3.05) is 6.54 Å². The zero-order chi connectivity index (χ0) is 14.8. The number of amides is 2. The second kappa shape index (κ2) is 5.63. The molecule has 0 fully saturated rings. The van der Waals surface area contributed by atoms with Gasteiger partial charge in [0.25, 0.3) is 0 Å². The Balaban J connectivity index is 2.13. The van der Waals surface area contributed by atoms with Gasteiger partial charge in [-0.05, 0) is 25.0 Å². The van der Waals surface area contributed by atoms with Crippen molar-refractivity contribution in [2.24, 2.45) is 5.73 Å². The van der Waals surface area contributed by atoms with E-state index in [4.69, 9.17) is 5.73 Å². The Hall–Kier alpha value is -1.88. The smallest absolute Gasteiger partial charge is 0.229 e. The van der Waals surface area contributed by atoms with Crippen LogP contribution in [0.25, 0.3) is 0 Å². The van der Waals surface area contributed by atoms with E-state index in [0.29, 0.717) is 6.54 Å². The number of fused-ring (bicyclic) bond motifs is 1. The molecule has 4 N–H and O–H groups in total. The molecule has 2 rings (SSSR count). The molecule has 5 heteroatoms. The largest absolute Gasteiger partial charge is 0.370 e. The van der Waals surface area contributed by atoms with Crippen molar-refractivity contribution in [1.82, 2.24) is 10.6 Å². The molecule has 1 atom stereocenters. The van der Waals surface area contributed by atoms with E-state index in [1.165, 1.54) is 0 Å². The first-order valence-electron chi connectivity index (χ1n) is 6.78. The van der Waals surface area contributed by atoms with E-state index in [1.54, 1.807) is 13.8 Å². The Labute approximate surface area is 118 Å². The maximum Gasteiger partial charge on any atom is 0.229 e. The highest BCUT2D eigenvalue weighted by molar-refractivity contribution is 5.86. The average Bonchev–Trinajstić information content (AvgIpc) is 2.35. The minimum absolute atomic E-state index is 0.0732. The maximum atomic E-state index is 12.5. The number of hydrogen-bond donors (Lipinski definition) is 3. The van der Waals surface area contributed by atoms with Gasteiger partial charge in [0.05, 0.1) is 5.92 Å². The molecule has 2 amide bonds. The lowest BCUT2D eigenvalue weighted by Crippen LogP contribution is -2.49. The average molecular weight is 275 g/mol.